The van der Waals surface area contributed by atoms with Crippen LogP contribution in [-0.4, -0.2) is 60.9 Å². The maximum Gasteiger partial charge on any atom is 0.260 e. The number of aryl methyl sites for hydroxylation is 1. The summed E-state index contributed by atoms with van der Waals surface area (Å²) in [5.41, 5.74) is 3.01. The van der Waals surface area contributed by atoms with Gasteiger partial charge in [-0.25, -0.2) is 0 Å². The fourth-order valence-corrected chi connectivity index (χ4v) is 3.77. The van der Waals surface area contributed by atoms with Crippen molar-refractivity contribution in [2.24, 2.45) is 4.99 Å². The Balaban J connectivity index is 1.43. The molecule has 27 heavy (non-hydrogen) atoms. The molecule has 4 rings (SSSR count). The number of guanidine groups is 1. The summed E-state index contributed by atoms with van der Waals surface area (Å²) in [6.07, 6.45) is 0. The molecular formula is C21H23ClN4O. The Morgan fingerprint density at radius 3 is 2.37 bits per heavy atom. The highest BCUT2D eigenvalue weighted by atomic mass is 35.5. The molecule has 0 saturated carbocycles. The van der Waals surface area contributed by atoms with Crippen LogP contribution >= 0.6 is 11.6 Å². The lowest BCUT2D eigenvalue weighted by atomic mass is 10.1. The molecule has 0 unspecified atom stereocenters. The van der Waals surface area contributed by atoms with Crippen molar-refractivity contribution < 1.29 is 4.79 Å². The largest absolute Gasteiger partial charge is 0.368 e. The number of nitrogens with zero attached hydrogens (tertiary/aromatic N) is 4. The molecule has 0 aromatic heterocycles. The summed E-state index contributed by atoms with van der Waals surface area (Å²) in [5, 5.41) is 0.755. The van der Waals surface area contributed by atoms with Gasteiger partial charge in [0.05, 0.1) is 6.54 Å². The van der Waals surface area contributed by atoms with Crippen molar-refractivity contribution >= 4 is 29.2 Å². The van der Waals surface area contributed by atoms with E-state index in [2.05, 4.69) is 20.9 Å². The van der Waals surface area contributed by atoms with Gasteiger partial charge in [-0.2, -0.15) is 0 Å². The van der Waals surface area contributed by atoms with Gasteiger partial charge in [-0.15, -0.1) is 0 Å². The first-order valence-corrected chi connectivity index (χ1v) is 9.68. The van der Waals surface area contributed by atoms with Gasteiger partial charge in [0, 0.05) is 49.0 Å². The summed E-state index contributed by atoms with van der Waals surface area (Å²) >= 11 is 6.12. The molecule has 1 saturated heterocycles. The zero-order chi connectivity index (χ0) is 18.8. The smallest absolute Gasteiger partial charge is 0.260 e. The lowest BCUT2D eigenvalue weighted by Gasteiger charge is -2.38. The number of halogens is 1. The third kappa shape index (κ3) is 3.78. The second-order valence-electron chi connectivity index (χ2n) is 6.96. The molecule has 0 radical (unpaired) electrons. The predicted octanol–water partition coefficient (Wildman–Crippen LogP) is 3.28. The van der Waals surface area contributed by atoms with E-state index in [0.717, 1.165) is 48.4 Å². The molecule has 0 bridgehead atoms. The highest BCUT2D eigenvalue weighted by Crippen LogP contribution is 2.22. The molecule has 5 nitrogen and oxygen atoms in total. The van der Waals surface area contributed by atoms with Gasteiger partial charge in [-0.05, 0) is 37.3 Å². The molecule has 2 aliphatic heterocycles. The Morgan fingerprint density at radius 2 is 1.67 bits per heavy atom. The van der Waals surface area contributed by atoms with Gasteiger partial charge < -0.3 is 9.80 Å². The molecule has 1 amide bonds. The molecule has 2 aromatic rings. The van der Waals surface area contributed by atoms with Crippen molar-refractivity contribution in [2.75, 3.05) is 44.2 Å². The van der Waals surface area contributed by atoms with Gasteiger partial charge in [0.1, 0.15) is 0 Å². The molecule has 2 aromatic carbocycles. The maximum atomic E-state index is 12.9. The first-order valence-electron chi connectivity index (χ1n) is 9.30. The van der Waals surface area contributed by atoms with Crippen LogP contribution in [0.3, 0.4) is 0 Å². The molecule has 140 valence electrons. The number of benzene rings is 2. The topological polar surface area (TPSA) is 39.2 Å². The van der Waals surface area contributed by atoms with Crippen molar-refractivity contribution in [1.29, 1.82) is 0 Å². The van der Waals surface area contributed by atoms with E-state index in [1.807, 2.05) is 54.3 Å². The highest BCUT2D eigenvalue weighted by molar-refractivity contribution is 6.30. The maximum absolute atomic E-state index is 12.9. The van der Waals surface area contributed by atoms with Crippen molar-refractivity contribution in [1.82, 2.24) is 9.80 Å². The number of anilines is 1. The number of piperazine rings is 1. The van der Waals surface area contributed by atoms with E-state index in [1.165, 1.54) is 0 Å². The van der Waals surface area contributed by atoms with E-state index < -0.39 is 0 Å². The molecule has 2 heterocycles. The Bertz CT molecular complexity index is 857. The average Bonchev–Trinajstić information content (AvgIpc) is 3.18. The van der Waals surface area contributed by atoms with Crippen molar-refractivity contribution in [3.05, 3.63) is 64.7 Å². The van der Waals surface area contributed by atoms with E-state index in [4.69, 9.17) is 11.6 Å². The van der Waals surface area contributed by atoms with Crippen LogP contribution in [0.25, 0.3) is 0 Å². The molecular weight excluding hydrogens is 360 g/mol. The van der Waals surface area contributed by atoms with Gasteiger partial charge in [0.15, 0.2) is 0 Å². The predicted molar refractivity (Wildman–Crippen MR) is 110 cm³/mol. The van der Waals surface area contributed by atoms with E-state index in [0.29, 0.717) is 18.7 Å². The van der Waals surface area contributed by atoms with Crippen molar-refractivity contribution in [3.63, 3.8) is 0 Å². The Labute approximate surface area is 164 Å². The second kappa shape index (κ2) is 7.61. The number of hydrogen-bond donors (Lipinski definition) is 0. The highest BCUT2D eigenvalue weighted by Gasteiger charge is 2.30. The summed E-state index contributed by atoms with van der Waals surface area (Å²) in [7, 11) is 0. The average molecular weight is 383 g/mol. The van der Waals surface area contributed by atoms with E-state index in [-0.39, 0.29) is 5.91 Å². The van der Waals surface area contributed by atoms with Crippen LogP contribution in [0.5, 0.6) is 0 Å². The third-order valence-corrected chi connectivity index (χ3v) is 5.33. The van der Waals surface area contributed by atoms with Crippen LogP contribution in [0, 0.1) is 6.92 Å². The lowest BCUT2D eigenvalue weighted by Crippen LogP contribution is -2.53. The quantitative estimate of drug-likeness (QED) is 0.800. The number of aliphatic imine (C=N–C) groups is 1. The number of amides is 1. The Morgan fingerprint density at radius 1 is 0.963 bits per heavy atom. The fraction of sp³-hybridized carbons (Fsp3) is 0.333. The van der Waals surface area contributed by atoms with Crippen LogP contribution in [0.15, 0.2) is 53.5 Å². The summed E-state index contributed by atoms with van der Waals surface area (Å²) in [6.45, 7) is 6.78. The van der Waals surface area contributed by atoms with Gasteiger partial charge >= 0.3 is 0 Å². The Kier molecular flexibility index (Phi) is 5.03. The minimum atomic E-state index is 0.0310. The minimum absolute atomic E-state index is 0.0310. The van der Waals surface area contributed by atoms with E-state index >= 15 is 0 Å². The van der Waals surface area contributed by atoms with Gasteiger partial charge in [-0.3, -0.25) is 14.7 Å². The molecule has 1 fully saturated rings. The molecule has 6 heteroatoms. The summed E-state index contributed by atoms with van der Waals surface area (Å²) in [6, 6.07) is 15.7. The first-order chi connectivity index (χ1) is 13.1. The molecule has 0 spiro atoms. The van der Waals surface area contributed by atoms with Crippen LogP contribution in [0.1, 0.15) is 15.9 Å². The zero-order valence-electron chi connectivity index (χ0n) is 15.4. The van der Waals surface area contributed by atoms with E-state index in [1.54, 1.807) is 0 Å². The standard InChI is InChI=1S/C21H23ClN4O/c1-16-5-7-17(8-6-16)20(27)26-10-9-23-21(26)25-13-11-24(12-14-25)19-4-2-3-18(22)15-19/h2-8,15H,9-14H2,1H3. The van der Waals surface area contributed by atoms with E-state index in [9.17, 15) is 4.79 Å². The Hall–Kier alpha value is -2.53. The second-order valence-corrected chi connectivity index (χ2v) is 7.39. The summed E-state index contributed by atoms with van der Waals surface area (Å²) in [5.74, 6) is 0.842. The number of hydrogen-bond acceptors (Lipinski definition) is 4. The van der Waals surface area contributed by atoms with Crippen LogP contribution in [-0.2, 0) is 0 Å². The van der Waals surface area contributed by atoms with Gasteiger partial charge in [0.2, 0.25) is 5.96 Å². The zero-order valence-corrected chi connectivity index (χ0v) is 16.2. The summed E-state index contributed by atoms with van der Waals surface area (Å²) < 4.78 is 0. The van der Waals surface area contributed by atoms with Crippen molar-refractivity contribution in [2.45, 2.75) is 6.92 Å². The summed E-state index contributed by atoms with van der Waals surface area (Å²) in [4.78, 5) is 23.9. The fourth-order valence-electron chi connectivity index (χ4n) is 3.59. The molecule has 0 N–H and O–H groups in total. The van der Waals surface area contributed by atoms with Crippen LogP contribution in [0.4, 0.5) is 5.69 Å². The van der Waals surface area contributed by atoms with Crippen LogP contribution in [0.2, 0.25) is 5.02 Å². The number of rotatable bonds is 2. The number of carbonyl (C=O) groups excluding carboxylic acids is 1. The SMILES string of the molecule is Cc1ccc(C(=O)N2CCN=C2N2CCN(c3cccc(Cl)c3)CC2)cc1. The lowest BCUT2D eigenvalue weighted by molar-refractivity contribution is 0.0843. The molecule has 2 aliphatic rings. The normalized spacial score (nSPS) is 17.3. The van der Waals surface area contributed by atoms with Crippen LogP contribution < -0.4 is 4.90 Å². The molecule has 0 atom stereocenters. The third-order valence-electron chi connectivity index (χ3n) is 5.10. The van der Waals surface area contributed by atoms with Gasteiger partial charge in [-0.1, -0.05) is 35.4 Å². The minimum Gasteiger partial charge on any atom is -0.368 e. The van der Waals surface area contributed by atoms with Gasteiger partial charge in [0.25, 0.3) is 5.91 Å². The molecule has 0 aliphatic carbocycles. The number of carbonyl (C=O) groups is 1. The van der Waals surface area contributed by atoms with Crippen molar-refractivity contribution in [3.8, 4) is 0 Å². The monoisotopic (exact) mass is 382 g/mol. The first kappa shape index (κ1) is 17.9.